The lowest BCUT2D eigenvalue weighted by Crippen LogP contribution is -2.48. The zero-order chi connectivity index (χ0) is 17.7. The summed E-state index contributed by atoms with van der Waals surface area (Å²) in [4.78, 5) is 25.2. The molecule has 4 heteroatoms. The number of carbonyl (C=O) groups excluding carboxylic acids is 2. The second-order valence-electron chi connectivity index (χ2n) is 7.54. The summed E-state index contributed by atoms with van der Waals surface area (Å²) < 4.78 is 0. The Balaban J connectivity index is 2.00. The molecule has 1 saturated carbocycles. The van der Waals surface area contributed by atoms with Gasteiger partial charge in [-0.2, -0.15) is 0 Å². The molecule has 0 bridgehead atoms. The number of benzene rings is 1. The highest BCUT2D eigenvalue weighted by molar-refractivity contribution is 6.09. The van der Waals surface area contributed by atoms with Gasteiger partial charge in [-0.25, -0.2) is 0 Å². The maximum atomic E-state index is 12.6. The molecular weight excluding hydrogens is 300 g/mol. The van der Waals surface area contributed by atoms with E-state index in [4.69, 9.17) is 0 Å². The quantitative estimate of drug-likeness (QED) is 0.645. The van der Waals surface area contributed by atoms with E-state index in [0.717, 1.165) is 36.9 Å². The standard InChI is InChI=1S/C20H30N2O2/c1-14-11-12-17(13-15(14)2)22-19(24)20(3,4)18(23)21-16-9-7-5-6-8-10-16/h11-13,16H,5-10H2,1-4H3,(H,21,23)(H,22,24). The minimum atomic E-state index is -1.09. The molecule has 0 heterocycles. The molecule has 1 fully saturated rings. The Morgan fingerprint density at radius 2 is 1.58 bits per heavy atom. The third-order valence-corrected chi connectivity index (χ3v) is 5.09. The first-order valence-electron chi connectivity index (χ1n) is 9.00. The third-order valence-electron chi connectivity index (χ3n) is 5.09. The van der Waals surface area contributed by atoms with Gasteiger partial charge >= 0.3 is 0 Å². The van der Waals surface area contributed by atoms with Crippen LogP contribution in [0.4, 0.5) is 5.69 Å². The second-order valence-corrected chi connectivity index (χ2v) is 7.54. The largest absolute Gasteiger partial charge is 0.352 e. The first-order chi connectivity index (χ1) is 11.3. The molecule has 1 aliphatic carbocycles. The first kappa shape index (κ1) is 18.5. The number of amides is 2. The van der Waals surface area contributed by atoms with Gasteiger partial charge in [0.25, 0.3) is 0 Å². The average molecular weight is 330 g/mol. The number of hydrogen-bond donors (Lipinski definition) is 2. The molecule has 1 aliphatic rings. The molecule has 0 spiro atoms. The van der Waals surface area contributed by atoms with Crippen LogP contribution in [0.1, 0.15) is 63.5 Å². The average Bonchev–Trinajstić information content (AvgIpc) is 2.79. The van der Waals surface area contributed by atoms with E-state index in [-0.39, 0.29) is 17.9 Å². The molecule has 1 aromatic rings. The number of anilines is 1. The van der Waals surface area contributed by atoms with Gasteiger partial charge < -0.3 is 10.6 Å². The molecule has 0 aliphatic heterocycles. The van der Waals surface area contributed by atoms with Crippen molar-refractivity contribution in [1.82, 2.24) is 5.32 Å². The van der Waals surface area contributed by atoms with Crippen LogP contribution in [0.15, 0.2) is 18.2 Å². The number of nitrogens with one attached hydrogen (secondary N) is 2. The zero-order valence-electron chi connectivity index (χ0n) is 15.4. The Kier molecular flexibility index (Phi) is 6.03. The first-order valence-corrected chi connectivity index (χ1v) is 9.00. The fourth-order valence-corrected chi connectivity index (χ4v) is 3.00. The monoisotopic (exact) mass is 330 g/mol. The molecule has 4 nitrogen and oxygen atoms in total. The molecule has 2 amide bonds. The summed E-state index contributed by atoms with van der Waals surface area (Å²) in [7, 11) is 0. The number of aryl methyl sites for hydroxylation is 2. The van der Waals surface area contributed by atoms with E-state index in [9.17, 15) is 9.59 Å². The van der Waals surface area contributed by atoms with Gasteiger partial charge in [-0.05, 0) is 63.8 Å². The highest BCUT2D eigenvalue weighted by Gasteiger charge is 2.37. The molecular formula is C20H30N2O2. The van der Waals surface area contributed by atoms with Crippen molar-refractivity contribution in [3.8, 4) is 0 Å². The van der Waals surface area contributed by atoms with Crippen molar-refractivity contribution >= 4 is 17.5 Å². The fraction of sp³-hybridized carbons (Fsp3) is 0.600. The maximum absolute atomic E-state index is 12.6. The summed E-state index contributed by atoms with van der Waals surface area (Å²) in [5.41, 5.74) is 1.94. The molecule has 24 heavy (non-hydrogen) atoms. The highest BCUT2D eigenvalue weighted by atomic mass is 16.2. The summed E-state index contributed by atoms with van der Waals surface area (Å²) in [6.07, 6.45) is 6.81. The predicted octanol–water partition coefficient (Wildman–Crippen LogP) is 4.11. The van der Waals surface area contributed by atoms with Crippen LogP contribution in [-0.2, 0) is 9.59 Å². The van der Waals surface area contributed by atoms with Crippen LogP contribution in [0, 0.1) is 19.3 Å². The molecule has 2 N–H and O–H groups in total. The Morgan fingerprint density at radius 3 is 2.17 bits per heavy atom. The molecule has 1 aromatic carbocycles. The molecule has 0 unspecified atom stereocenters. The van der Waals surface area contributed by atoms with Crippen LogP contribution in [0.5, 0.6) is 0 Å². The van der Waals surface area contributed by atoms with Gasteiger partial charge in [0, 0.05) is 11.7 Å². The number of rotatable bonds is 4. The second kappa shape index (κ2) is 7.82. The number of carbonyl (C=O) groups is 2. The van der Waals surface area contributed by atoms with Gasteiger partial charge in [0.15, 0.2) is 0 Å². The minimum absolute atomic E-state index is 0.185. The summed E-state index contributed by atoms with van der Waals surface area (Å²) in [6.45, 7) is 7.42. The van der Waals surface area contributed by atoms with Crippen molar-refractivity contribution < 1.29 is 9.59 Å². The van der Waals surface area contributed by atoms with Gasteiger partial charge in [-0.15, -0.1) is 0 Å². The lowest BCUT2D eigenvalue weighted by atomic mass is 9.90. The van der Waals surface area contributed by atoms with Crippen LogP contribution in [0.2, 0.25) is 0 Å². The smallest absolute Gasteiger partial charge is 0.239 e. The summed E-state index contributed by atoms with van der Waals surface area (Å²) >= 11 is 0. The molecule has 0 radical (unpaired) electrons. The number of hydrogen-bond acceptors (Lipinski definition) is 2. The Morgan fingerprint density at radius 1 is 0.958 bits per heavy atom. The summed E-state index contributed by atoms with van der Waals surface area (Å²) in [6, 6.07) is 5.99. The van der Waals surface area contributed by atoms with Crippen molar-refractivity contribution in [3.63, 3.8) is 0 Å². The van der Waals surface area contributed by atoms with Crippen LogP contribution in [-0.4, -0.2) is 17.9 Å². The van der Waals surface area contributed by atoms with Gasteiger partial charge in [-0.1, -0.05) is 31.7 Å². The van der Waals surface area contributed by atoms with Crippen LogP contribution in [0.25, 0.3) is 0 Å². The van der Waals surface area contributed by atoms with Crippen molar-refractivity contribution in [2.24, 2.45) is 5.41 Å². The van der Waals surface area contributed by atoms with Crippen LogP contribution < -0.4 is 10.6 Å². The fourth-order valence-electron chi connectivity index (χ4n) is 3.00. The Labute approximate surface area is 145 Å². The molecule has 132 valence electrons. The van der Waals surface area contributed by atoms with Crippen LogP contribution >= 0.6 is 0 Å². The topological polar surface area (TPSA) is 58.2 Å². The van der Waals surface area contributed by atoms with E-state index < -0.39 is 5.41 Å². The summed E-state index contributed by atoms with van der Waals surface area (Å²) in [5, 5.41) is 5.97. The van der Waals surface area contributed by atoms with Crippen molar-refractivity contribution in [2.75, 3.05) is 5.32 Å². The van der Waals surface area contributed by atoms with Crippen molar-refractivity contribution in [2.45, 2.75) is 72.3 Å². The van der Waals surface area contributed by atoms with E-state index in [0.29, 0.717) is 0 Å². The highest BCUT2D eigenvalue weighted by Crippen LogP contribution is 2.23. The molecule has 2 rings (SSSR count). The van der Waals surface area contributed by atoms with E-state index in [2.05, 4.69) is 10.6 Å². The predicted molar refractivity (Wildman–Crippen MR) is 98.0 cm³/mol. The van der Waals surface area contributed by atoms with Gasteiger partial charge in [0.2, 0.25) is 11.8 Å². The zero-order valence-corrected chi connectivity index (χ0v) is 15.4. The van der Waals surface area contributed by atoms with Crippen molar-refractivity contribution in [1.29, 1.82) is 0 Å². The Hall–Kier alpha value is -1.84. The maximum Gasteiger partial charge on any atom is 0.239 e. The van der Waals surface area contributed by atoms with Gasteiger partial charge in [0.1, 0.15) is 5.41 Å². The normalized spacial score (nSPS) is 16.3. The molecule has 0 aromatic heterocycles. The van der Waals surface area contributed by atoms with E-state index >= 15 is 0 Å². The molecule has 0 saturated heterocycles. The van der Waals surface area contributed by atoms with E-state index in [1.165, 1.54) is 18.4 Å². The lowest BCUT2D eigenvalue weighted by Gasteiger charge is -2.26. The Bertz CT molecular complexity index is 600. The lowest BCUT2D eigenvalue weighted by molar-refractivity contribution is -0.138. The van der Waals surface area contributed by atoms with Crippen LogP contribution in [0.3, 0.4) is 0 Å². The SMILES string of the molecule is Cc1ccc(NC(=O)C(C)(C)C(=O)NC2CCCCCC2)cc1C. The third kappa shape index (κ3) is 4.59. The minimum Gasteiger partial charge on any atom is -0.352 e. The van der Waals surface area contributed by atoms with Crippen molar-refractivity contribution in [3.05, 3.63) is 29.3 Å². The van der Waals surface area contributed by atoms with Gasteiger partial charge in [-0.3, -0.25) is 9.59 Å². The molecule has 0 atom stereocenters. The summed E-state index contributed by atoms with van der Waals surface area (Å²) in [5.74, 6) is -0.451. The van der Waals surface area contributed by atoms with Gasteiger partial charge in [0.05, 0.1) is 0 Å². The van der Waals surface area contributed by atoms with E-state index in [1.54, 1.807) is 13.8 Å². The van der Waals surface area contributed by atoms with E-state index in [1.807, 2.05) is 32.0 Å².